The number of amides is 2. The summed E-state index contributed by atoms with van der Waals surface area (Å²) in [6.07, 6.45) is 7.80. The largest absolute Gasteiger partial charge is 0.450 e. The molecule has 0 radical (unpaired) electrons. The summed E-state index contributed by atoms with van der Waals surface area (Å²) in [5.74, 6) is 0.593. The number of nitrogens with zero attached hydrogens (tertiary/aromatic N) is 3. The molecule has 3 saturated heterocycles. The maximum Gasteiger partial charge on any atom is 0.410 e. The van der Waals surface area contributed by atoms with Gasteiger partial charge in [0.1, 0.15) is 6.61 Å². The Morgan fingerprint density at radius 2 is 1.81 bits per heavy atom. The highest BCUT2D eigenvalue weighted by Crippen LogP contribution is 2.51. The Morgan fingerprint density at radius 1 is 1.03 bits per heavy atom. The van der Waals surface area contributed by atoms with E-state index in [-0.39, 0.29) is 12.2 Å². The molecule has 0 aromatic heterocycles. The van der Waals surface area contributed by atoms with Gasteiger partial charge < -0.3 is 29.5 Å². The van der Waals surface area contributed by atoms with Crippen LogP contribution in [0.1, 0.15) is 51.9 Å². The highest BCUT2D eigenvalue weighted by Gasteiger charge is 2.51. The average Bonchev–Trinajstić information content (AvgIpc) is 3.41. The van der Waals surface area contributed by atoms with Crippen molar-refractivity contribution in [1.82, 2.24) is 20.0 Å². The lowest BCUT2D eigenvalue weighted by atomic mass is 9.64. The van der Waals surface area contributed by atoms with E-state index in [1.54, 1.807) is 0 Å². The zero-order chi connectivity index (χ0) is 21.8. The molecule has 1 spiro atoms. The van der Waals surface area contributed by atoms with Gasteiger partial charge in [-0.05, 0) is 83.3 Å². The Morgan fingerprint density at radius 3 is 2.52 bits per heavy atom. The van der Waals surface area contributed by atoms with Crippen LogP contribution in [0.5, 0.6) is 0 Å². The van der Waals surface area contributed by atoms with Crippen molar-refractivity contribution in [3.8, 4) is 0 Å². The van der Waals surface area contributed by atoms with Gasteiger partial charge in [-0.25, -0.2) is 9.59 Å². The molecular weight excluding hydrogens is 396 g/mol. The van der Waals surface area contributed by atoms with Gasteiger partial charge in [-0.2, -0.15) is 0 Å². The zero-order valence-electron chi connectivity index (χ0n) is 19.3. The van der Waals surface area contributed by atoms with Gasteiger partial charge in [0.25, 0.3) is 0 Å². The lowest BCUT2D eigenvalue weighted by molar-refractivity contribution is -0.0159. The third-order valence-corrected chi connectivity index (χ3v) is 8.05. The van der Waals surface area contributed by atoms with Crippen LogP contribution in [-0.4, -0.2) is 98.5 Å². The lowest BCUT2D eigenvalue weighted by Gasteiger charge is -2.52. The van der Waals surface area contributed by atoms with Crippen molar-refractivity contribution < 1.29 is 19.1 Å². The fraction of sp³-hybridized carbons (Fsp3) is 0.913. The first kappa shape index (κ1) is 22.6. The van der Waals surface area contributed by atoms with Crippen molar-refractivity contribution in [2.45, 2.75) is 64.0 Å². The second-order valence-corrected chi connectivity index (χ2v) is 9.93. The van der Waals surface area contributed by atoms with E-state index in [1.165, 1.54) is 25.7 Å². The van der Waals surface area contributed by atoms with Gasteiger partial charge in [-0.15, -0.1) is 0 Å². The molecule has 1 N–H and O–H groups in total. The number of hydrogen-bond acceptors (Lipinski definition) is 6. The minimum atomic E-state index is -0.144. The molecule has 4 rings (SSSR count). The Labute approximate surface area is 186 Å². The fourth-order valence-electron chi connectivity index (χ4n) is 6.34. The summed E-state index contributed by atoms with van der Waals surface area (Å²) >= 11 is 0. The highest BCUT2D eigenvalue weighted by atomic mass is 16.6. The molecule has 1 aliphatic carbocycles. The van der Waals surface area contributed by atoms with E-state index in [4.69, 9.17) is 9.47 Å². The first-order valence-electron chi connectivity index (χ1n) is 12.3. The van der Waals surface area contributed by atoms with Crippen LogP contribution in [0.3, 0.4) is 0 Å². The Balaban J connectivity index is 1.20. The molecule has 1 atom stereocenters. The van der Waals surface area contributed by atoms with Crippen molar-refractivity contribution in [3.05, 3.63) is 0 Å². The minimum absolute atomic E-state index is 0.131. The number of hydrogen-bond donors (Lipinski definition) is 1. The van der Waals surface area contributed by atoms with E-state index in [0.717, 1.165) is 52.0 Å². The number of carbonyl (C=O) groups is 2. The Kier molecular flexibility index (Phi) is 7.26. The second-order valence-electron chi connectivity index (χ2n) is 9.93. The molecule has 3 aliphatic heterocycles. The van der Waals surface area contributed by atoms with Gasteiger partial charge in [-0.1, -0.05) is 0 Å². The van der Waals surface area contributed by atoms with Gasteiger partial charge in [0.2, 0.25) is 0 Å². The van der Waals surface area contributed by atoms with Crippen molar-refractivity contribution in [1.29, 1.82) is 0 Å². The third-order valence-electron chi connectivity index (χ3n) is 8.05. The van der Waals surface area contributed by atoms with Crippen molar-refractivity contribution in [2.75, 3.05) is 59.5 Å². The van der Waals surface area contributed by atoms with Gasteiger partial charge in [0, 0.05) is 38.3 Å². The topological polar surface area (TPSA) is 74.4 Å². The monoisotopic (exact) mass is 436 g/mol. The van der Waals surface area contributed by atoms with Gasteiger partial charge >= 0.3 is 12.2 Å². The number of piperidine rings is 1. The minimum Gasteiger partial charge on any atom is -0.450 e. The molecule has 0 aromatic carbocycles. The summed E-state index contributed by atoms with van der Waals surface area (Å²) in [6, 6.07) is 1.01. The van der Waals surface area contributed by atoms with E-state index in [0.29, 0.717) is 43.2 Å². The van der Waals surface area contributed by atoms with Crippen LogP contribution >= 0.6 is 0 Å². The molecule has 0 bridgehead atoms. The van der Waals surface area contributed by atoms with E-state index in [1.807, 2.05) is 23.8 Å². The Bertz CT molecular complexity index is 631. The van der Waals surface area contributed by atoms with Crippen LogP contribution in [0.25, 0.3) is 0 Å². The van der Waals surface area contributed by atoms with E-state index in [2.05, 4.69) is 10.2 Å². The van der Waals surface area contributed by atoms with Crippen LogP contribution in [0.15, 0.2) is 0 Å². The molecule has 4 fully saturated rings. The lowest BCUT2D eigenvalue weighted by Crippen LogP contribution is -2.55. The summed E-state index contributed by atoms with van der Waals surface area (Å²) in [5, 5.41) is 3.02. The number of rotatable bonds is 6. The SMILES string of the molecule is CCOC(=O)N1CCC2(CC(N3CCC(C4CCCN4C(=O)OCCNC)CC3)C2)C1. The molecule has 0 aromatic rings. The maximum atomic E-state index is 12.5. The molecule has 176 valence electrons. The van der Waals surface area contributed by atoms with Gasteiger partial charge in [-0.3, -0.25) is 0 Å². The molecule has 1 unspecified atom stereocenters. The normalized spacial score (nSPS) is 31.8. The quantitative estimate of drug-likeness (QED) is 0.645. The predicted octanol–water partition coefficient (Wildman–Crippen LogP) is 2.53. The molecule has 3 heterocycles. The summed E-state index contributed by atoms with van der Waals surface area (Å²) in [4.78, 5) is 31.1. The maximum absolute atomic E-state index is 12.5. The molecule has 2 amide bonds. The summed E-state index contributed by atoms with van der Waals surface area (Å²) in [5.41, 5.74) is 0.327. The predicted molar refractivity (Wildman–Crippen MR) is 118 cm³/mol. The van der Waals surface area contributed by atoms with Crippen molar-refractivity contribution >= 4 is 12.2 Å². The van der Waals surface area contributed by atoms with Crippen LogP contribution in [0.2, 0.25) is 0 Å². The first-order valence-corrected chi connectivity index (χ1v) is 12.3. The van der Waals surface area contributed by atoms with Crippen LogP contribution < -0.4 is 5.32 Å². The van der Waals surface area contributed by atoms with Gasteiger partial charge in [0.15, 0.2) is 0 Å². The summed E-state index contributed by atoms with van der Waals surface area (Å²) in [6.45, 7) is 8.26. The molecule has 4 aliphatic rings. The number of nitrogens with one attached hydrogen (secondary N) is 1. The van der Waals surface area contributed by atoms with Crippen LogP contribution in [0, 0.1) is 11.3 Å². The van der Waals surface area contributed by atoms with Gasteiger partial charge in [0.05, 0.1) is 6.61 Å². The van der Waals surface area contributed by atoms with Crippen LogP contribution in [-0.2, 0) is 9.47 Å². The molecule has 1 saturated carbocycles. The van der Waals surface area contributed by atoms with E-state index in [9.17, 15) is 9.59 Å². The van der Waals surface area contributed by atoms with Crippen molar-refractivity contribution in [3.63, 3.8) is 0 Å². The fourth-order valence-corrected chi connectivity index (χ4v) is 6.34. The molecule has 8 nitrogen and oxygen atoms in total. The zero-order valence-corrected chi connectivity index (χ0v) is 19.3. The summed E-state index contributed by atoms with van der Waals surface area (Å²) < 4.78 is 10.6. The molecule has 8 heteroatoms. The van der Waals surface area contributed by atoms with E-state index < -0.39 is 0 Å². The molecule has 31 heavy (non-hydrogen) atoms. The first-order chi connectivity index (χ1) is 15.0. The summed E-state index contributed by atoms with van der Waals surface area (Å²) in [7, 11) is 1.87. The number of carbonyl (C=O) groups excluding carboxylic acids is 2. The van der Waals surface area contributed by atoms with Crippen LogP contribution in [0.4, 0.5) is 9.59 Å². The third kappa shape index (κ3) is 4.95. The standard InChI is InChI=1S/C23H40N4O4/c1-3-30-21(28)26-13-8-23(17-26)15-19(16-23)25-11-6-18(7-12-25)20-5-4-10-27(20)22(29)31-14-9-24-2/h18-20,24H,3-17H2,1-2H3. The molecular formula is C23H40N4O4. The van der Waals surface area contributed by atoms with E-state index >= 15 is 0 Å². The average molecular weight is 437 g/mol. The smallest absolute Gasteiger partial charge is 0.410 e. The highest BCUT2D eigenvalue weighted by molar-refractivity contribution is 5.68. The number of likely N-dealkylation sites (N-methyl/N-ethyl adjacent to an activating group) is 1. The Hall–Kier alpha value is -1.54. The van der Waals surface area contributed by atoms with Crippen molar-refractivity contribution in [2.24, 2.45) is 11.3 Å². The second kappa shape index (κ2) is 9.94. The number of likely N-dealkylation sites (tertiary alicyclic amines) is 3. The number of ether oxygens (including phenoxy) is 2.